The molecule has 0 fully saturated rings. The first kappa shape index (κ1) is 26.5. The summed E-state index contributed by atoms with van der Waals surface area (Å²) in [4.78, 5) is 35.1. The lowest BCUT2D eigenvalue weighted by molar-refractivity contribution is -0.139. The number of hydrogen-bond donors (Lipinski definition) is 5. The van der Waals surface area contributed by atoms with Crippen molar-refractivity contribution in [2.75, 3.05) is 20.2 Å². The lowest BCUT2D eigenvalue weighted by atomic mass is 10.1. The fourth-order valence-corrected chi connectivity index (χ4v) is 3.83. The van der Waals surface area contributed by atoms with Gasteiger partial charge in [-0.1, -0.05) is 48.5 Å². The van der Waals surface area contributed by atoms with Crippen molar-refractivity contribution in [2.45, 2.75) is 18.7 Å². The molecule has 34 heavy (non-hydrogen) atoms. The van der Waals surface area contributed by atoms with Gasteiger partial charge in [0.1, 0.15) is 5.84 Å². The molecule has 2 aromatic rings. The lowest BCUT2D eigenvalue weighted by Crippen LogP contribution is -2.42. The van der Waals surface area contributed by atoms with E-state index in [0.29, 0.717) is 16.7 Å². The number of amides is 2. The van der Waals surface area contributed by atoms with Crippen LogP contribution in [0.25, 0.3) is 0 Å². The summed E-state index contributed by atoms with van der Waals surface area (Å²) in [7, 11) is -2.51. The van der Waals surface area contributed by atoms with Crippen molar-refractivity contribution in [3.63, 3.8) is 0 Å². The number of carbonyl (C=O) groups is 3. The predicted molar refractivity (Wildman–Crippen MR) is 125 cm³/mol. The average Bonchev–Trinajstić information content (AvgIpc) is 2.81. The van der Waals surface area contributed by atoms with E-state index in [1.165, 1.54) is 7.11 Å². The van der Waals surface area contributed by atoms with E-state index in [4.69, 9.17) is 11.1 Å². The summed E-state index contributed by atoms with van der Waals surface area (Å²) in [5.74, 6) is -1.90. The fraction of sp³-hybridized carbons (Fsp3) is 0.273. The Hall–Kier alpha value is -3.77. The van der Waals surface area contributed by atoms with Crippen LogP contribution < -0.4 is 21.1 Å². The normalized spacial score (nSPS) is 10.9. The Morgan fingerprint density at radius 2 is 1.44 bits per heavy atom. The molecule has 0 aliphatic carbocycles. The first-order valence-corrected chi connectivity index (χ1v) is 11.8. The number of hydrogen-bond acceptors (Lipinski definition) is 7. The molecule has 0 saturated carbocycles. The number of benzene rings is 2. The van der Waals surface area contributed by atoms with Crippen LogP contribution in [0.2, 0.25) is 0 Å². The first-order chi connectivity index (χ1) is 16.1. The van der Waals surface area contributed by atoms with E-state index in [2.05, 4.69) is 20.1 Å². The zero-order valence-corrected chi connectivity index (χ0v) is 19.4. The number of nitrogen functional groups attached to an aromatic ring is 1. The third-order valence-corrected chi connectivity index (χ3v) is 5.91. The standard InChI is InChI=1S/C22H27N5O6S/c1-33-21(30)10-15-2-4-17(5-3-15)14-34(31,32)27-13-20(29)26-12-19(28)25-11-16-6-8-18(9-7-16)22(23)24/h2-9,27H,10-14H2,1H3,(H3,23,24)(H,25,28)(H,26,29). The van der Waals surface area contributed by atoms with Gasteiger partial charge in [0, 0.05) is 12.1 Å². The van der Waals surface area contributed by atoms with E-state index >= 15 is 0 Å². The van der Waals surface area contributed by atoms with Gasteiger partial charge in [0.15, 0.2) is 0 Å². The molecule has 0 radical (unpaired) electrons. The van der Waals surface area contributed by atoms with Crippen LogP contribution in [0, 0.1) is 5.41 Å². The van der Waals surface area contributed by atoms with Gasteiger partial charge < -0.3 is 21.1 Å². The quantitative estimate of drug-likeness (QED) is 0.152. The van der Waals surface area contributed by atoms with Crippen LogP contribution in [0.15, 0.2) is 48.5 Å². The van der Waals surface area contributed by atoms with Gasteiger partial charge in [-0.25, -0.2) is 13.1 Å². The maximum absolute atomic E-state index is 12.2. The van der Waals surface area contributed by atoms with Crippen molar-refractivity contribution >= 4 is 33.6 Å². The number of nitrogens with two attached hydrogens (primary N) is 1. The minimum absolute atomic E-state index is 0.0533. The zero-order chi connectivity index (χ0) is 25.1. The summed E-state index contributed by atoms with van der Waals surface area (Å²) in [5, 5.41) is 12.3. The molecule has 2 amide bonds. The minimum Gasteiger partial charge on any atom is -0.469 e. The van der Waals surface area contributed by atoms with Crippen LogP contribution in [0.1, 0.15) is 22.3 Å². The number of amidine groups is 1. The summed E-state index contributed by atoms with van der Waals surface area (Å²) < 4.78 is 31.2. The molecule has 2 rings (SSSR count). The van der Waals surface area contributed by atoms with Crippen molar-refractivity contribution in [1.82, 2.24) is 15.4 Å². The Morgan fingerprint density at radius 1 is 0.882 bits per heavy atom. The minimum atomic E-state index is -3.79. The van der Waals surface area contributed by atoms with Gasteiger partial charge in [-0.05, 0) is 16.7 Å². The van der Waals surface area contributed by atoms with E-state index in [9.17, 15) is 22.8 Å². The highest BCUT2D eigenvalue weighted by molar-refractivity contribution is 7.88. The molecule has 0 aliphatic rings. The number of methoxy groups -OCH3 is 1. The highest BCUT2D eigenvalue weighted by Gasteiger charge is 2.14. The van der Waals surface area contributed by atoms with Crippen LogP contribution in [-0.4, -0.2) is 52.2 Å². The van der Waals surface area contributed by atoms with Crippen LogP contribution in [0.5, 0.6) is 0 Å². The molecule has 6 N–H and O–H groups in total. The maximum Gasteiger partial charge on any atom is 0.309 e. The van der Waals surface area contributed by atoms with Gasteiger partial charge in [0.25, 0.3) is 0 Å². The monoisotopic (exact) mass is 489 g/mol. The Labute approximate surface area is 197 Å². The van der Waals surface area contributed by atoms with Gasteiger partial charge in [-0.2, -0.15) is 0 Å². The Balaban J connectivity index is 1.71. The van der Waals surface area contributed by atoms with E-state index < -0.39 is 34.4 Å². The maximum atomic E-state index is 12.2. The molecule has 0 heterocycles. The Morgan fingerprint density at radius 3 is 2.03 bits per heavy atom. The summed E-state index contributed by atoms with van der Waals surface area (Å²) >= 11 is 0. The molecule has 0 spiro atoms. The third kappa shape index (κ3) is 9.38. The van der Waals surface area contributed by atoms with Gasteiger partial charge in [-0.15, -0.1) is 0 Å². The molecule has 0 aromatic heterocycles. The Bertz CT molecular complexity index is 1130. The highest BCUT2D eigenvalue weighted by Crippen LogP contribution is 2.09. The molecule has 0 unspecified atom stereocenters. The van der Waals surface area contributed by atoms with E-state index in [1.54, 1.807) is 48.5 Å². The number of ether oxygens (including phenoxy) is 1. The molecular formula is C22H27N5O6S. The van der Waals surface area contributed by atoms with Crippen LogP contribution >= 0.6 is 0 Å². The van der Waals surface area contributed by atoms with Crippen molar-refractivity contribution in [3.8, 4) is 0 Å². The van der Waals surface area contributed by atoms with Crippen molar-refractivity contribution in [3.05, 3.63) is 70.8 Å². The number of sulfonamides is 1. The second-order valence-electron chi connectivity index (χ2n) is 7.31. The van der Waals surface area contributed by atoms with E-state index in [0.717, 1.165) is 5.56 Å². The molecule has 2 aromatic carbocycles. The lowest BCUT2D eigenvalue weighted by Gasteiger charge is -2.09. The van der Waals surface area contributed by atoms with Crippen molar-refractivity contribution < 1.29 is 27.5 Å². The average molecular weight is 490 g/mol. The van der Waals surface area contributed by atoms with E-state index in [1.807, 2.05) is 0 Å². The zero-order valence-electron chi connectivity index (χ0n) is 18.6. The van der Waals surface area contributed by atoms with Gasteiger partial charge in [-0.3, -0.25) is 19.8 Å². The topological polar surface area (TPSA) is 181 Å². The SMILES string of the molecule is COC(=O)Cc1ccc(CS(=O)(=O)NCC(=O)NCC(=O)NCc2ccc(C(=N)N)cc2)cc1. The summed E-state index contributed by atoms with van der Waals surface area (Å²) in [6, 6.07) is 13.2. The third-order valence-electron chi connectivity index (χ3n) is 4.61. The van der Waals surface area contributed by atoms with Gasteiger partial charge in [0.2, 0.25) is 21.8 Å². The van der Waals surface area contributed by atoms with E-state index in [-0.39, 0.29) is 31.1 Å². The molecular weight excluding hydrogens is 462 g/mol. The van der Waals surface area contributed by atoms with Crippen molar-refractivity contribution in [2.24, 2.45) is 5.73 Å². The number of rotatable bonds is 12. The molecule has 0 saturated heterocycles. The fourth-order valence-electron chi connectivity index (χ4n) is 2.74. The summed E-state index contributed by atoms with van der Waals surface area (Å²) in [5.41, 5.74) is 7.91. The number of esters is 1. The number of nitrogens with one attached hydrogen (secondary N) is 4. The van der Waals surface area contributed by atoms with Crippen LogP contribution in [0.3, 0.4) is 0 Å². The molecule has 12 heteroatoms. The van der Waals surface area contributed by atoms with Crippen molar-refractivity contribution in [1.29, 1.82) is 5.41 Å². The summed E-state index contributed by atoms with van der Waals surface area (Å²) in [6.07, 6.45) is 0.0850. The smallest absolute Gasteiger partial charge is 0.309 e. The molecule has 0 bridgehead atoms. The van der Waals surface area contributed by atoms with Crippen LogP contribution in [-0.2, 0) is 47.9 Å². The molecule has 0 atom stereocenters. The summed E-state index contributed by atoms with van der Waals surface area (Å²) in [6.45, 7) is -0.603. The van der Waals surface area contributed by atoms with Gasteiger partial charge >= 0.3 is 5.97 Å². The Kier molecular flexibility index (Phi) is 9.71. The van der Waals surface area contributed by atoms with Gasteiger partial charge in [0.05, 0.1) is 32.4 Å². The highest BCUT2D eigenvalue weighted by atomic mass is 32.2. The molecule has 0 aliphatic heterocycles. The van der Waals surface area contributed by atoms with Crippen LogP contribution in [0.4, 0.5) is 0 Å². The number of carbonyl (C=O) groups excluding carboxylic acids is 3. The second kappa shape index (κ2) is 12.5. The first-order valence-electron chi connectivity index (χ1n) is 10.2. The second-order valence-corrected chi connectivity index (χ2v) is 9.12. The predicted octanol–water partition coefficient (Wildman–Crippen LogP) is -0.462. The molecule has 182 valence electrons. The molecule has 11 nitrogen and oxygen atoms in total. The largest absolute Gasteiger partial charge is 0.469 e.